The molecular formula is C27H21BrClN3O7. The number of nitrogens with zero attached hydrogens (tertiary/aromatic N) is 2. The second-order valence-corrected chi connectivity index (χ2v) is 9.65. The van der Waals surface area contributed by atoms with Gasteiger partial charge < -0.3 is 9.47 Å². The zero-order chi connectivity index (χ0) is 28.3. The molecule has 0 saturated carbocycles. The van der Waals surface area contributed by atoms with Gasteiger partial charge >= 0.3 is 6.03 Å². The molecule has 3 aromatic carbocycles. The summed E-state index contributed by atoms with van der Waals surface area (Å²) in [6, 6.07) is 13.1. The Hall–Kier alpha value is -4.22. The smallest absolute Gasteiger partial charge is 0.335 e. The minimum atomic E-state index is -0.876. The van der Waals surface area contributed by atoms with Crippen LogP contribution in [0.5, 0.6) is 11.5 Å². The first-order valence-corrected chi connectivity index (χ1v) is 12.8. The molecule has 0 atom stereocenters. The van der Waals surface area contributed by atoms with E-state index in [2.05, 4.69) is 21.2 Å². The number of benzene rings is 3. The molecule has 0 unspecified atom stereocenters. The average molecular weight is 615 g/mol. The fraction of sp³-hybridized carbons (Fsp3) is 0.148. The Morgan fingerprint density at radius 1 is 1.08 bits per heavy atom. The summed E-state index contributed by atoms with van der Waals surface area (Å²) >= 11 is 9.54. The van der Waals surface area contributed by atoms with Gasteiger partial charge in [-0.05, 0) is 88.9 Å². The van der Waals surface area contributed by atoms with E-state index in [-0.39, 0.29) is 23.6 Å². The molecular weight excluding hydrogens is 594 g/mol. The first-order chi connectivity index (χ1) is 18.6. The first-order valence-electron chi connectivity index (χ1n) is 11.6. The number of nitrogens with one attached hydrogen (secondary N) is 1. The maximum Gasteiger partial charge on any atom is 0.335 e. The van der Waals surface area contributed by atoms with Gasteiger partial charge in [0.2, 0.25) is 0 Å². The molecule has 1 aliphatic rings. The van der Waals surface area contributed by atoms with Crippen LogP contribution in [0.25, 0.3) is 6.08 Å². The minimum Gasteiger partial charge on any atom is -0.490 e. The number of nitro benzene ring substituents is 1. The molecule has 1 aliphatic heterocycles. The third-order valence-corrected chi connectivity index (χ3v) is 6.51. The number of halogens is 2. The van der Waals surface area contributed by atoms with Gasteiger partial charge in [0.1, 0.15) is 12.2 Å². The summed E-state index contributed by atoms with van der Waals surface area (Å²) < 4.78 is 12.1. The van der Waals surface area contributed by atoms with Crippen LogP contribution >= 0.6 is 27.5 Å². The summed E-state index contributed by atoms with van der Waals surface area (Å²) in [6.07, 6.45) is 1.35. The summed E-state index contributed by atoms with van der Waals surface area (Å²) in [4.78, 5) is 49.8. The molecule has 3 aromatic rings. The van der Waals surface area contributed by atoms with Gasteiger partial charge in [-0.2, -0.15) is 0 Å². The van der Waals surface area contributed by atoms with Crippen LogP contribution < -0.4 is 19.7 Å². The normalized spacial score (nSPS) is 14.4. The number of ether oxygens (including phenoxy) is 2. The highest BCUT2D eigenvalue weighted by Gasteiger charge is 2.37. The van der Waals surface area contributed by atoms with Crippen molar-refractivity contribution in [2.75, 3.05) is 11.5 Å². The molecule has 4 amide bonds. The molecule has 12 heteroatoms. The van der Waals surface area contributed by atoms with Crippen LogP contribution in [0.2, 0.25) is 5.02 Å². The first kappa shape index (κ1) is 27.8. The largest absolute Gasteiger partial charge is 0.490 e. The lowest BCUT2D eigenvalue weighted by molar-refractivity contribution is -0.384. The van der Waals surface area contributed by atoms with E-state index in [0.29, 0.717) is 44.3 Å². The van der Waals surface area contributed by atoms with Crippen molar-refractivity contribution in [1.82, 2.24) is 5.32 Å². The Bertz CT molecular complexity index is 1520. The maximum absolute atomic E-state index is 13.3. The van der Waals surface area contributed by atoms with E-state index >= 15 is 0 Å². The van der Waals surface area contributed by atoms with Gasteiger partial charge in [0.05, 0.1) is 21.7 Å². The van der Waals surface area contributed by atoms with Crippen molar-refractivity contribution in [2.45, 2.75) is 20.5 Å². The van der Waals surface area contributed by atoms with Crippen LogP contribution in [-0.2, 0) is 16.2 Å². The third kappa shape index (κ3) is 6.10. The van der Waals surface area contributed by atoms with Gasteiger partial charge in [0.15, 0.2) is 11.5 Å². The fourth-order valence-electron chi connectivity index (χ4n) is 3.81. The Labute approximate surface area is 236 Å². The third-order valence-electron chi connectivity index (χ3n) is 5.69. The summed E-state index contributed by atoms with van der Waals surface area (Å²) in [7, 11) is 0. The number of hydrogen-bond acceptors (Lipinski definition) is 7. The molecule has 0 aromatic heterocycles. The van der Waals surface area contributed by atoms with Crippen molar-refractivity contribution < 1.29 is 28.8 Å². The van der Waals surface area contributed by atoms with Crippen molar-refractivity contribution in [3.05, 3.63) is 96.5 Å². The van der Waals surface area contributed by atoms with Crippen LogP contribution in [-0.4, -0.2) is 29.4 Å². The highest BCUT2D eigenvalue weighted by Crippen LogP contribution is 2.38. The monoisotopic (exact) mass is 613 g/mol. The second-order valence-electron chi connectivity index (χ2n) is 8.36. The fourth-order valence-corrected chi connectivity index (χ4v) is 4.55. The van der Waals surface area contributed by atoms with E-state index in [9.17, 15) is 24.5 Å². The number of hydrogen-bond donors (Lipinski definition) is 1. The molecule has 0 radical (unpaired) electrons. The number of nitro groups is 1. The summed E-state index contributed by atoms with van der Waals surface area (Å²) in [5, 5.41) is 13.4. The lowest BCUT2D eigenvalue weighted by Gasteiger charge is -2.27. The summed E-state index contributed by atoms with van der Waals surface area (Å²) in [5.41, 5.74) is 1.72. The topological polar surface area (TPSA) is 128 Å². The van der Waals surface area contributed by atoms with Gasteiger partial charge in [0.25, 0.3) is 17.5 Å². The van der Waals surface area contributed by atoms with Gasteiger partial charge in [-0.1, -0.05) is 17.7 Å². The lowest BCUT2D eigenvalue weighted by atomic mass is 10.1. The Morgan fingerprint density at radius 3 is 2.46 bits per heavy atom. The van der Waals surface area contributed by atoms with Crippen LogP contribution in [0.1, 0.15) is 23.6 Å². The van der Waals surface area contributed by atoms with Crippen molar-refractivity contribution in [3.63, 3.8) is 0 Å². The summed E-state index contributed by atoms with van der Waals surface area (Å²) in [5.74, 6) is -0.943. The average Bonchev–Trinajstić information content (AvgIpc) is 2.88. The van der Waals surface area contributed by atoms with Crippen molar-refractivity contribution in [3.8, 4) is 11.5 Å². The highest BCUT2D eigenvalue weighted by molar-refractivity contribution is 9.10. The van der Waals surface area contributed by atoms with Crippen LogP contribution in [0, 0.1) is 17.0 Å². The van der Waals surface area contributed by atoms with Crippen molar-refractivity contribution >= 4 is 62.8 Å². The number of rotatable bonds is 8. The molecule has 0 spiro atoms. The molecule has 1 heterocycles. The van der Waals surface area contributed by atoms with Crippen molar-refractivity contribution in [2.24, 2.45) is 0 Å². The van der Waals surface area contributed by atoms with Crippen LogP contribution in [0.15, 0.2) is 64.6 Å². The number of amides is 4. The predicted octanol–water partition coefficient (Wildman–Crippen LogP) is 5.96. The van der Waals surface area contributed by atoms with Gasteiger partial charge in [0, 0.05) is 17.2 Å². The maximum atomic E-state index is 13.3. The molecule has 1 saturated heterocycles. The van der Waals surface area contributed by atoms with E-state index in [4.69, 9.17) is 21.1 Å². The van der Waals surface area contributed by atoms with Crippen LogP contribution in [0.4, 0.5) is 16.2 Å². The number of carbonyl (C=O) groups excluding carboxylic acids is 3. The molecule has 1 fully saturated rings. The molecule has 10 nitrogen and oxygen atoms in total. The molecule has 0 aliphatic carbocycles. The zero-order valence-corrected chi connectivity index (χ0v) is 23.0. The number of non-ortho nitro benzene ring substituents is 1. The van der Waals surface area contributed by atoms with E-state index in [0.717, 1.165) is 4.90 Å². The lowest BCUT2D eigenvalue weighted by Crippen LogP contribution is -2.54. The number of carbonyl (C=O) groups is 3. The molecule has 39 heavy (non-hydrogen) atoms. The quantitative estimate of drug-likeness (QED) is 0.143. The summed E-state index contributed by atoms with van der Waals surface area (Å²) in [6.45, 7) is 3.91. The highest BCUT2D eigenvalue weighted by atomic mass is 79.9. The van der Waals surface area contributed by atoms with E-state index in [1.54, 1.807) is 50.2 Å². The predicted molar refractivity (Wildman–Crippen MR) is 148 cm³/mol. The van der Waals surface area contributed by atoms with E-state index in [1.165, 1.54) is 24.3 Å². The number of imide groups is 2. The molecule has 1 N–H and O–H groups in total. The zero-order valence-electron chi connectivity index (χ0n) is 20.7. The van der Waals surface area contributed by atoms with Gasteiger partial charge in [-0.3, -0.25) is 25.0 Å². The molecule has 200 valence electrons. The number of barbiturate groups is 1. The van der Waals surface area contributed by atoms with E-state index < -0.39 is 22.8 Å². The SMILES string of the molecule is CCOc1cc(/C=C2\C(=O)NC(=O)N(c3cc(Cl)ccc3C)C2=O)cc(Br)c1OCc1ccc([N+](=O)[O-])cc1. The molecule has 4 rings (SSSR count). The Kier molecular flexibility index (Phi) is 8.32. The van der Waals surface area contributed by atoms with E-state index in [1.807, 2.05) is 0 Å². The Balaban J connectivity index is 1.65. The number of aryl methyl sites for hydroxylation is 1. The van der Waals surface area contributed by atoms with Crippen LogP contribution in [0.3, 0.4) is 0 Å². The molecule has 0 bridgehead atoms. The van der Waals surface area contributed by atoms with Gasteiger partial charge in [-0.15, -0.1) is 0 Å². The standard InChI is InChI=1S/C27H21BrClN3O7/c1-3-38-23-12-17(11-21(28)24(23)39-14-16-5-8-19(9-6-16)32(36)37)10-20-25(33)30-27(35)31(26(20)34)22-13-18(29)7-4-15(22)2/h4-13H,3,14H2,1-2H3,(H,30,33,35)/b20-10+. The Morgan fingerprint density at radius 2 is 1.79 bits per heavy atom. The van der Waals surface area contributed by atoms with Gasteiger partial charge in [-0.25, -0.2) is 9.69 Å². The minimum absolute atomic E-state index is 0.0283. The van der Waals surface area contributed by atoms with Crippen molar-refractivity contribution in [1.29, 1.82) is 0 Å². The second kappa shape index (κ2) is 11.7. The number of anilines is 1. The number of urea groups is 1.